The summed E-state index contributed by atoms with van der Waals surface area (Å²) in [6.45, 7) is 3.86. The Morgan fingerprint density at radius 1 is 1.13 bits per heavy atom. The summed E-state index contributed by atoms with van der Waals surface area (Å²) < 4.78 is 0. The molecule has 5 rings (SSSR count). The molecule has 8 heteroatoms. The SMILES string of the molecule is CCC(N=C(N)N)[C@@H]1N[C@H](CNC(=O)c2ccc3ccccc3c2)CCN(CCC2CC3CCC2C3)C1=O. The number of benzene rings is 2. The fourth-order valence-corrected chi connectivity index (χ4v) is 6.98. The maximum absolute atomic E-state index is 13.7. The molecule has 8 nitrogen and oxygen atoms in total. The van der Waals surface area contributed by atoms with Crippen LogP contribution in [0.25, 0.3) is 10.8 Å². The highest BCUT2D eigenvalue weighted by Gasteiger charge is 2.40. The molecule has 1 aliphatic heterocycles. The summed E-state index contributed by atoms with van der Waals surface area (Å²) >= 11 is 0. The maximum Gasteiger partial charge on any atom is 0.251 e. The average molecular weight is 519 g/mol. The quantitative estimate of drug-likeness (QED) is 0.300. The van der Waals surface area contributed by atoms with Crippen molar-refractivity contribution in [1.29, 1.82) is 0 Å². The molecule has 3 aliphatic rings. The number of fused-ring (bicyclic) bond motifs is 3. The van der Waals surface area contributed by atoms with E-state index >= 15 is 0 Å². The zero-order valence-electron chi connectivity index (χ0n) is 22.4. The first-order chi connectivity index (χ1) is 18.4. The summed E-state index contributed by atoms with van der Waals surface area (Å²) in [4.78, 5) is 33.2. The van der Waals surface area contributed by atoms with Gasteiger partial charge in [-0.05, 0) is 79.2 Å². The van der Waals surface area contributed by atoms with Gasteiger partial charge in [0, 0.05) is 31.2 Å². The Hall–Kier alpha value is -3.13. The van der Waals surface area contributed by atoms with Gasteiger partial charge in [-0.15, -0.1) is 0 Å². The van der Waals surface area contributed by atoms with Gasteiger partial charge in [0.25, 0.3) is 5.91 Å². The number of nitrogens with two attached hydrogens (primary N) is 2. The first-order valence-electron chi connectivity index (χ1n) is 14.3. The second kappa shape index (κ2) is 11.7. The molecule has 2 bridgehead atoms. The van der Waals surface area contributed by atoms with Crippen molar-refractivity contribution in [3.05, 3.63) is 48.0 Å². The van der Waals surface area contributed by atoms with Gasteiger partial charge in [-0.2, -0.15) is 0 Å². The van der Waals surface area contributed by atoms with E-state index in [0.29, 0.717) is 25.1 Å². The van der Waals surface area contributed by atoms with Crippen LogP contribution in [0.15, 0.2) is 47.5 Å². The normalized spacial score (nSPS) is 27.8. The Bertz CT molecular complexity index is 1180. The minimum atomic E-state index is -0.521. The van der Waals surface area contributed by atoms with Crippen LogP contribution in [0.2, 0.25) is 0 Å². The van der Waals surface area contributed by atoms with Gasteiger partial charge in [-0.3, -0.25) is 14.9 Å². The minimum absolute atomic E-state index is 0.00890. The first-order valence-corrected chi connectivity index (χ1v) is 14.3. The highest BCUT2D eigenvalue weighted by molar-refractivity contribution is 5.98. The summed E-state index contributed by atoms with van der Waals surface area (Å²) in [5.41, 5.74) is 12.1. The Kier molecular flexibility index (Phi) is 8.17. The standard InChI is InChI=1S/C30H42N6O2/c1-2-26(35-30(31)32)27-29(38)36(13-11-23-16-19-7-8-22(23)15-19)14-12-25(34-27)18-33-28(37)24-10-9-20-5-3-4-6-21(20)17-24/h3-6,9-10,17,19,22-23,25-27,34H,2,7-8,11-16,18H2,1H3,(H,33,37)(H4,31,32,35)/t19?,22?,23?,25-,26?,27-/m0/s1. The van der Waals surface area contributed by atoms with E-state index in [4.69, 9.17) is 11.5 Å². The smallest absolute Gasteiger partial charge is 0.251 e. The van der Waals surface area contributed by atoms with Crippen LogP contribution < -0.4 is 22.1 Å². The van der Waals surface area contributed by atoms with Crippen LogP contribution in [0, 0.1) is 17.8 Å². The van der Waals surface area contributed by atoms with Gasteiger partial charge in [0.2, 0.25) is 5.91 Å². The molecule has 0 aromatic heterocycles. The highest BCUT2D eigenvalue weighted by atomic mass is 16.2. The van der Waals surface area contributed by atoms with E-state index in [9.17, 15) is 9.59 Å². The molecule has 4 unspecified atom stereocenters. The molecule has 1 saturated heterocycles. The third-order valence-corrected chi connectivity index (χ3v) is 9.03. The van der Waals surface area contributed by atoms with E-state index in [0.717, 1.165) is 47.9 Å². The number of aliphatic imine (C=N–C) groups is 1. The second-order valence-electron chi connectivity index (χ2n) is 11.5. The third kappa shape index (κ3) is 5.96. The summed E-state index contributed by atoms with van der Waals surface area (Å²) in [5, 5.41) is 8.75. The van der Waals surface area contributed by atoms with Gasteiger partial charge >= 0.3 is 0 Å². The molecule has 6 atom stereocenters. The van der Waals surface area contributed by atoms with Crippen LogP contribution in [0.5, 0.6) is 0 Å². The van der Waals surface area contributed by atoms with Crippen LogP contribution in [-0.2, 0) is 4.79 Å². The molecule has 0 radical (unpaired) electrons. The molecule has 2 amide bonds. The van der Waals surface area contributed by atoms with E-state index in [-0.39, 0.29) is 29.9 Å². The van der Waals surface area contributed by atoms with Crippen molar-refractivity contribution in [3.63, 3.8) is 0 Å². The Morgan fingerprint density at radius 2 is 1.95 bits per heavy atom. The van der Waals surface area contributed by atoms with E-state index in [1.165, 1.54) is 25.7 Å². The highest BCUT2D eigenvalue weighted by Crippen LogP contribution is 2.49. The number of nitrogens with zero attached hydrogens (tertiary/aromatic N) is 2. The molecule has 2 aliphatic carbocycles. The van der Waals surface area contributed by atoms with Crippen LogP contribution in [0.1, 0.15) is 62.2 Å². The van der Waals surface area contributed by atoms with Crippen molar-refractivity contribution in [1.82, 2.24) is 15.5 Å². The average Bonchev–Trinajstić information content (AvgIpc) is 3.51. The Morgan fingerprint density at radius 3 is 2.66 bits per heavy atom. The number of guanidine groups is 1. The summed E-state index contributed by atoms with van der Waals surface area (Å²) in [7, 11) is 0. The van der Waals surface area contributed by atoms with E-state index in [1.807, 2.05) is 54.3 Å². The van der Waals surface area contributed by atoms with Crippen molar-refractivity contribution in [2.45, 2.75) is 70.0 Å². The molecule has 2 aromatic carbocycles. The third-order valence-electron chi connectivity index (χ3n) is 9.03. The predicted octanol–water partition coefficient (Wildman–Crippen LogP) is 3.01. The summed E-state index contributed by atoms with van der Waals surface area (Å²) in [5.74, 6) is 2.43. The van der Waals surface area contributed by atoms with Crippen LogP contribution in [0.3, 0.4) is 0 Å². The lowest BCUT2D eigenvalue weighted by atomic mass is 9.86. The minimum Gasteiger partial charge on any atom is -0.370 e. The number of amides is 2. The fourth-order valence-electron chi connectivity index (χ4n) is 6.98. The van der Waals surface area contributed by atoms with E-state index in [2.05, 4.69) is 15.6 Å². The lowest BCUT2D eigenvalue weighted by Gasteiger charge is -2.30. The number of hydrogen-bond acceptors (Lipinski definition) is 4. The van der Waals surface area contributed by atoms with Gasteiger partial charge in [0.05, 0.1) is 6.04 Å². The van der Waals surface area contributed by atoms with Gasteiger partial charge in [-0.1, -0.05) is 43.7 Å². The topological polar surface area (TPSA) is 126 Å². The van der Waals surface area contributed by atoms with Gasteiger partial charge in [0.1, 0.15) is 6.04 Å². The molecule has 1 heterocycles. The van der Waals surface area contributed by atoms with E-state index < -0.39 is 6.04 Å². The van der Waals surface area contributed by atoms with Crippen molar-refractivity contribution >= 4 is 28.5 Å². The molecular weight excluding hydrogens is 476 g/mol. The fraction of sp³-hybridized carbons (Fsp3) is 0.567. The van der Waals surface area contributed by atoms with Gasteiger partial charge < -0.3 is 21.7 Å². The number of rotatable bonds is 9. The molecule has 3 fully saturated rings. The lowest BCUT2D eigenvalue weighted by molar-refractivity contribution is -0.133. The van der Waals surface area contributed by atoms with Crippen molar-refractivity contribution in [2.75, 3.05) is 19.6 Å². The zero-order valence-corrected chi connectivity index (χ0v) is 22.4. The Labute approximate surface area is 225 Å². The predicted molar refractivity (Wildman–Crippen MR) is 152 cm³/mol. The van der Waals surface area contributed by atoms with Crippen LogP contribution in [-0.4, -0.2) is 60.4 Å². The molecule has 0 spiro atoms. The maximum atomic E-state index is 13.7. The molecular formula is C30H42N6O2. The number of carbonyl (C=O) groups excluding carboxylic acids is 2. The lowest BCUT2D eigenvalue weighted by Crippen LogP contribution is -2.54. The number of hydrogen-bond donors (Lipinski definition) is 4. The van der Waals surface area contributed by atoms with E-state index in [1.54, 1.807) is 0 Å². The molecule has 2 aromatic rings. The number of nitrogens with one attached hydrogen (secondary N) is 2. The van der Waals surface area contributed by atoms with Crippen LogP contribution in [0.4, 0.5) is 0 Å². The second-order valence-corrected chi connectivity index (χ2v) is 11.5. The largest absolute Gasteiger partial charge is 0.370 e. The monoisotopic (exact) mass is 518 g/mol. The van der Waals surface area contributed by atoms with Crippen molar-refractivity contribution < 1.29 is 9.59 Å². The Balaban J connectivity index is 1.25. The van der Waals surface area contributed by atoms with Gasteiger partial charge in [0.15, 0.2) is 5.96 Å². The molecule has 204 valence electrons. The zero-order chi connectivity index (χ0) is 26.6. The van der Waals surface area contributed by atoms with Crippen molar-refractivity contribution in [3.8, 4) is 0 Å². The van der Waals surface area contributed by atoms with Crippen molar-refractivity contribution in [2.24, 2.45) is 34.2 Å². The summed E-state index contributed by atoms with van der Waals surface area (Å²) in [6.07, 6.45) is 7.91. The van der Waals surface area contributed by atoms with Gasteiger partial charge in [-0.25, -0.2) is 4.99 Å². The first kappa shape index (κ1) is 26.5. The molecule has 6 N–H and O–H groups in total. The van der Waals surface area contributed by atoms with Crippen LogP contribution >= 0.6 is 0 Å². The number of carbonyl (C=O) groups is 2. The summed E-state index contributed by atoms with van der Waals surface area (Å²) in [6, 6.07) is 12.8. The molecule has 2 saturated carbocycles. The molecule has 38 heavy (non-hydrogen) atoms.